The molecule has 0 bridgehead atoms. The lowest BCUT2D eigenvalue weighted by molar-refractivity contribution is -0.146. The van der Waals surface area contributed by atoms with Crippen molar-refractivity contribution in [2.45, 2.75) is 105 Å². The number of carbonyl (C=O) groups excluding carboxylic acids is 5. The third-order valence-electron chi connectivity index (χ3n) is 13.5. The Morgan fingerprint density at radius 1 is 0.844 bits per heavy atom. The smallest absolute Gasteiger partial charge is 0.419 e. The predicted molar refractivity (Wildman–Crippen MR) is 244 cm³/mol. The van der Waals surface area contributed by atoms with Gasteiger partial charge in [0.05, 0.1) is 18.6 Å². The van der Waals surface area contributed by atoms with Gasteiger partial charge in [0, 0.05) is 70.9 Å². The molecule has 64 heavy (non-hydrogen) atoms. The standard InChI is InChI=1S/C33H41N5O6.C14H24N2O3.CH4/c1-21-8-13-36(14-9-21)30(39)28(20-23-18-22(2)29-27(19-23)43-32(41)35(29)3)44-33(42)37-15-11-25(12-16-37)38-17-10-24-6-4-5-7-26(24)34-31(38)40;1-12-4-7-15(8-5-12)11-14(18)19-10-9-16-6-2-3-13(16)17;/h4-7,18-19,21,25,28H,8-17,20H2,1-3H3,(H,34,40);12H,2-11H2,1H3;1H4/t28-;;/m1../s1. The highest BCUT2D eigenvalue weighted by molar-refractivity contribution is 5.91. The van der Waals surface area contributed by atoms with Gasteiger partial charge >= 0.3 is 23.8 Å². The molecule has 6 heterocycles. The number of oxazole rings is 1. The van der Waals surface area contributed by atoms with E-state index < -0.39 is 18.0 Å². The number of anilines is 1. The second kappa shape index (κ2) is 22.0. The van der Waals surface area contributed by atoms with Gasteiger partial charge in [-0.1, -0.05) is 45.5 Å². The summed E-state index contributed by atoms with van der Waals surface area (Å²) in [5, 5.41) is 3.03. The van der Waals surface area contributed by atoms with Crippen molar-refractivity contribution in [3.8, 4) is 0 Å². The fraction of sp³-hybridized carbons (Fsp3) is 0.625. The lowest BCUT2D eigenvalue weighted by atomic mass is 9.98. The molecule has 2 aromatic carbocycles. The molecule has 0 unspecified atom stereocenters. The highest BCUT2D eigenvalue weighted by Crippen LogP contribution is 2.27. The van der Waals surface area contributed by atoms with Crippen LogP contribution < -0.4 is 11.1 Å². The van der Waals surface area contributed by atoms with Crippen molar-refractivity contribution in [3.63, 3.8) is 0 Å². The zero-order valence-corrected chi connectivity index (χ0v) is 37.5. The molecule has 5 aliphatic heterocycles. The normalized spacial score (nSPS) is 19.6. The van der Waals surface area contributed by atoms with Crippen LogP contribution in [0.15, 0.2) is 45.6 Å². The molecule has 0 spiro atoms. The van der Waals surface area contributed by atoms with Gasteiger partial charge in [-0.2, -0.15) is 0 Å². The first kappa shape index (κ1) is 48.1. The number of benzene rings is 2. The summed E-state index contributed by atoms with van der Waals surface area (Å²) >= 11 is 0. The van der Waals surface area contributed by atoms with Crippen molar-refractivity contribution in [1.29, 1.82) is 0 Å². The Balaban J connectivity index is 0.000000285. The predicted octanol–water partition coefficient (Wildman–Crippen LogP) is 5.82. The van der Waals surface area contributed by atoms with E-state index in [9.17, 15) is 28.8 Å². The SMILES string of the molecule is C.CC1CCN(CC(=O)OCCN2CCCC2=O)CC1.Cc1cc(C[C@@H](OC(=O)N2CCC(N3CCc4ccccc4NC3=O)CC2)C(=O)N2CCC(C)CC2)cc2oc(=O)n(C)c12. The van der Waals surface area contributed by atoms with Gasteiger partial charge < -0.3 is 38.8 Å². The van der Waals surface area contributed by atoms with E-state index >= 15 is 0 Å². The monoisotopic (exact) mass is 888 g/mol. The number of esters is 1. The van der Waals surface area contributed by atoms with Crippen molar-refractivity contribution >= 4 is 46.7 Å². The van der Waals surface area contributed by atoms with E-state index in [1.807, 2.05) is 42.2 Å². The lowest BCUT2D eigenvalue weighted by Gasteiger charge is -2.38. The Morgan fingerprint density at radius 2 is 1.52 bits per heavy atom. The number of aryl methyl sites for hydroxylation is 2. The molecule has 5 aliphatic rings. The average molecular weight is 888 g/mol. The van der Waals surface area contributed by atoms with E-state index in [0.717, 1.165) is 86.5 Å². The molecule has 0 saturated carbocycles. The summed E-state index contributed by atoms with van der Waals surface area (Å²) in [7, 11) is 1.66. The van der Waals surface area contributed by atoms with E-state index in [4.69, 9.17) is 13.9 Å². The first-order valence-corrected chi connectivity index (χ1v) is 23.0. The minimum atomic E-state index is -1.00. The third-order valence-corrected chi connectivity index (χ3v) is 13.5. The number of carbonyl (C=O) groups is 5. The molecular weight excluding hydrogens is 819 g/mol. The zero-order chi connectivity index (χ0) is 44.6. The molecule has 1 aromatic heterocycles. The minimum Gasteiger partial charge on any atom is -0.463 e. The fourth-order valence-electron chi connectivity index (χ4n) is 9.48. The van der Waals surface area contributed by atoms with Crippen LogP contribution >= 0.6 is 0 Å². The number of nitrogens with one attached hydrogen (secondary N) is 1. The maximum absolute atomic E-state index is 13.8. The number of aromatic nitrogens is 1. The number of likely N-dealkylation sites (tertiary alicyclic amines) is 4. The Morgan fingerprint density at radius 3 is 2.20 bits per heavy atom. The van der Waals surface area contributed by atoms with Crippen molar-refractivity contribution in [2.24, 2.45) is 18.9 Å². The summed E-state index contributed by atoms with van der Waals surface area (Å²) in [5.74, 6) is 0.684. The number of hydrogen-bond acceptors (Lipinski definition) is 10. The largest absolute Gasteiger partial charge is 0.463 e. The minimum absolute atomic E-state index is 0. The number of hydrogen-bond donors (Lipinski definition) is 1. The number of nitrogens with zero attached hydrogens (tertiary/aromatic N) is 6. The molecule has 5 amide bonds. The molecule has 4 fully saturated rings. The van der Waals surface area contributed by atoms with Gasteiger partial charge in [0.25, 0.3) is 5.91 Å². The number of urea groups is 1. The second-order valence-electron chi connectivity index (χ2n) is 18.2. The van der Waals surface area contributed by atoms with E-state index in [1.54, 1.807) is 27.8 Å². The van der Waals surface area contributed by atoms with E-state index in [0.29, 0.717) is 88.7 Å². The number of ether oxygens (including phenoxy) is 2. The topological polar surface area (TPSA) is 167 Å². The van der Waals surface area contributed by atoms with Crippen LogP contribution in [0.5, 0.6) is 0 Å². The van der Waals surface area contributed by atoms with Crippen molar-refractivity contribution in [3.05, 3.63) is 63.6 Å². The summed E-state index contributed by atoms with van der Waals surface area (Å²) in [5.41, 5.74) is 4.72. The Hall–Kier alpha value is -5.38. The van der Waals surface area contributed by atoms with Gasteiger partial charge in [-0.15, -0.1) is 0 Å². The molecule has 4 saturated heterocycles. The summed E-state index contributed by atoms with van der Waals surface area (Å²) in [6.07, 6.45) is 6.40. The van der Waals surface area contributed by atoms with Crippen LogP contribution in [0.25, 0.3) is 11.1 Å². The molecule has 8 rings (SSSR count). The van der Waals surface area contributed by atoms with E-state index in [2.05, 4.69) is 24.1 Å². The maximum Gasteiger partial charge on any atom is 0.419 e. The van der Waals surface area contributed by atoms with E-state index in [-0.39, 0.29) is 43.7 Å². The number of rotatable bonds is 10. The first-order chi connectivity index (χ1) is 30.3. The van der Waals surface area contributed by atoms with Crippen LogP contribution in [-0.2, 0) is 43.7 Å². The van der Waals surface area contributed by atoms with Crippen LogP contribution in [0.3, 0.4) is 0 Å². The Labute approximate surface area is 377 Å². The van der Waals surface area contributed by atoms with Crippen molar-refractivity contribution in [2.75, 3.05) is 77.4 Å². The van der Waals surface area contributed by atoms with Gasteiger partial charge in [0.2, 0.25) is 5.91 Å². The molecule has 1 atom stereocenters. The molecule has 350 valence electrons. The number of para-hydroxylation sites is 1. The highest BCUT2D eigenvalue weighted by atomic mass is 16.6. The summed E-state index contributed by atoms with van der Waals surface area (Å²) in [4.78, 5) is 84.7. The van der Waals surface area contributed by atoms with Crippen LogP contribution in [-0.4, -0.2) is 143 Å². The third kappa shape index (κ3) is 12.0. The summed E-state index contributed by atoms with van der Waals surface area (Å²) in [6, 6.07) is 11.4. The molecule has 0 radical (unpaired) electrons. The van der Waals surface area contributed by atoms with Crippen LogP contribution in [0.1, 0.15) is 89.3 Å². The number of fused-ring (bicyclic) bond motifs is 2. The van der Waals surface area contributed by atoms with Crippen LogP contribution in [0, 0.1) is 18.8 Å². The molecule has 16 nitrogen and oxygen atoms in total. The molecule has 16 heteroatoms. The first-order valence-electron chi connectivity index (χ1n) is 23.0. The van der Waals surface area contributed by atoms with Crippen LogP contribution in [0.4, 0.5) is 15.3 Å². The maximum atomic E-state index is 13.8. The Kier molecular flexibility index (Phi) is 16.5. The van der Waals surface area contributed by atoms with Crippen LogP contribution in [0.2, 0.25) is 0 Å². The number of piperidine rings is 3. The van der Waals surface area contributed by atoms with Crippen molar-refractivity contribution in [1.82, 2.24) is 29.1 Å². The summed E-state index contributed by atoms with van der Waals surface area (Å²) in [6.45, 7) is 13.1. The van der Waals surface area contributed by atoms with Gasteiger partial charge in [-0.05, 0) is 112 Å². The molecular formula is C48H69N7O9. The highest BCUT2D eigenvalue weighted by Gasteiger charge is 2.35. The van der Waals surface area contributed by atoms with Gasteiger partial charge in [-0.25, -0.2) is 14.4 Å². The Bertz CT molecular complexity index is 2160. The zero-order valence-electron chi connectivity index (χ0n) is 37.5. The molecule has 3 aromatic rings. The van der Waals surface area contributed by atoms with Gasteiger partial charge in [0.15, 0.2) is 11.7 Å². The lowest BCUT2D eigenvalue weighted by Crippen LogP contribution is -2.51. The average Bonchev–Trinajstić information content (AvgIpc) is 3.75. The molecule has 0 aliphatic carbocycles. The second-order valence-corrected chi connectivity index (χ2v) is 18.2. The van der Waals surface area contributed by atoms with Gasteiger partial charge in [0.1, 0.15) is 6.61 Å². The molecule has 1 N–H and O–H groups in total. The summed E-state index contributed by atoms with van der Waals surface area (Å²) < 4.78 is 18.1. The quantitative estimate of drug-likeness (QED) is 0.245. The van der Waals surface area contributed by atoms with E-state index in [1.165, 1.54) is 4.57 Å². The number of amides is 5. The van der Waals surface area contributed by atoms with Gasteiger partial charge in [-0.3, -0.25) is 23.9 Å². The van der Waals surface area contributed by atoms with Crippen molar-refractivity contribution < 1.29 is 37.9 Å². The fourth-order valence-corrected chi connectivity index (χ4v) is 9.48.